The Bertz CT molecular complexity index is 699. The van der Waals surface area contributed by atoms with Gasteiger partial charge in [-0.1, -0.05) is 23.7 Å². The fraction of sp³-hybridized carbons (Fsp3) is 0.235. The average molecular weight is 427 g/mol. The number of rotatable bonds is 3. The average Bonchev–Trinajstić information content (AvgIpc) is 3.01. The van der Waals surface area contributed by atoms with E-state index in [9.17, 15) is 4.79 Å². The van der Waals surface area contributed by atoms with E-state index >= 15 is 0 Å². The van der Waals surface area contributed by atoms with Crippen molar-refractivity contribution in [2.75, 3.05) is 23.3 Å². The maximum atomic E-state index is 12.5. The van der Waals surface area contributed by atoms with Crippen LogP contribution in [0.5, 0.6) is 0 Å². The Morgan fingerprint density at radius 2 is 1.86 bits per heavy atom. The molecule has 1 aliphatic rings. The molecular formula is C17H16ClIN2O. The molecule has 2 aromatic carbocycles. The summed E-state index contributed by atoms with van der Waals surface area (Å²) < 4.78 is 1.04. The van der Waals surface area contributed by atoms with Crippen molar-refractivity contribution in [1.29, 1.82) is 0 Å². The molecule has 1 fully saturated rings. The summed E-state index contributed by atoms with van der Waals surface area (Å²) in [7, 11) is 0. The first kappa shape index (κ1) is 15.6. The Labute approximate surface area is 148 Å². The molecule has 2 aromatic rings. The van der Waals surface area contributed by atoms with Gasteiger partial charge in [0.1, 0.15) is 0 Å². The summed E-state index contributed by atoms with van der Waals surface area (Å²) >= 11 is 8.57. The zero-order chi connectivity index (χ0) is 15.5. The Morgan fingerprint density at radius 3 is 2.59 bits per heavy atom. The van der Waals surface area contributed by atoms with Crippen LogP contribution in [-0.2, 0) is 0 Å². The summed E-state index contributed by atoms with van der Waals surface area (Å²) in [6, 6.07) is 13.2. The minimum Gasteiger partial charge on any atom is -0.369 e. The minimum absolute atomic E-state index is 0.110. The van der Waals surface area contributed by atoms with Crippen molar-refractivity contribution in [2.24, 2.45) is 0 Å². The van der Waals surface area contributed by atoms with E-state index < -0.39 is 0 Å². The van der Waals surface area contributed by atoms with Gasteiger partial charge in [-0.2, -0.15) is 0 Å². The van der Waals surface area contributed by atoms with Crippen LogP contribution in [0.2, 0.25) is 5.02 Å². The predicted octanol–water partition coefficient (Wildman–Crippen LogP) is 4.80. The second kappa shape index (κ2) is 6.87. The zero-order valence-electron chi connectivity index (χ0n) is 12.0. The lowest BCUT2D eigenvalue weighted by Crippen LogP contribution is -2.21. The van der Waals surface area contributed by atoms with E-state index in [1.807, 2.05) is 42.5 Å². The molecule has 5 heteroatoms. The Balaban J connectivity index is 1.89. The highest BCUT2D eigenvalue weighted by molar-refractivity contribution is 14.1. The summed E-state index contributed by atoms with van der Waals surface area (Å²) in [6.45, 7) is 1.96. The largest absolute Gasteiger partial charge is 0.369 e. The third-order valence-corrected chi connectivity index (χ3v) is 4.72. The predicted molar refractivity (Wildman–Crippen MR) is 100 cm³/mol. The van der Waals surface area contributed by atoms with Gasteiger partial charge in [0.05, 0.1) is 16.4 Å². The SMILES string of the molecule is O=C(Nc1cccc(Cl)c1N1CCCC1)c1cccc(I)c1. The second-order valence-electron chi connectivity index (χ2n) is 5.29. The molecule has 0 aromatic heterocycles. The molecule has 0 bridgehead atoms. The maximum Gasteiger partial charge on any atom is 0.255 e. The molecule has 0 saturated carbocycles. The van der Waals surface area contributed by atoms with Crippen LogP contribution in [0.1, 0.15) is 23.2 Å². The number of halogens is 2. The number of anilines is 2. The number of nitrogens with one attached hydrogen (secondary N) is 1. The van der Waals surface area contributed by atoms with Crippen LogP contribution in [0.3, 0.4) is 0 Å². The van der Waals surface area contributed by atoms with Crippen LogP contribution in [0.25, 0.3) is 0 Å². The monoisotopic (exact) mass is 426 g/mol. The number of para-hydroxylation sites is 1. The molecule has 0 atom stereocenters. The van der Waals surface area contributed by atoms with Gasteiger partial charge < -0.3 is 10.2 Å². The Hall–Kier alpha value is -1.27. The van der Waals surface area contributed by atoms with Gasteiger partial charge in [0.15, 0.2) is 0 Å². The van der Waals surface area contributed by atoms with Crippen LogP contribution in [0.4, 0.5) is 11.4 Å². The quantitative estimate of drug-likeness (QED) is 0.715. The summed E-state index contributed by atoms with van der Waals surface area (Å²) in [4.78, 5) is 14.7. The molecule has 22 heavy (non-hydrogen) atoms. The van der Waals surface area contributed by atoms with Gasteiger partial charge in [-0.05, 0) is 65.8 Å². The van der Waals surface area contributed by atoms with Crippen molar-refractivity contribution in [3.8, 4) is 0 Å². The van der Waals surface area contributed by atoms with E-state index in [0.29, 0.717) is 10.6 Å². The van der Waals surface area contributed by atoms with E-state index in [1.165, 1.54) is 0 Å². The molecule has 114 valence electrons. The second-order valence-corrected chi connectivity index (χ2v) is 6.95. The number of nitrogens with zero attached hydrogens (tertiary/aromatic N) is 1. The molecule has 0 radical (unpaired) electrons. The molecule has 1 heterocycles. The number of hydrogen-bond acceptors (Lipinski definition) is 2. The lowest BCUT2D eigenvalue weighted by atomic mass is 10.2. The van der Waals surface area contributed by atoms with Crippen LogP contribution in [-0.4, -0.2) is 19.0 Å². The van der Waals surface area contributed by atoms with E-state index in [1.54, 1.807) is 0 Å². The van der Waals surface area contributed by atoms with Crippen LogP contribution in [0, 0.1) is 3.57 Å². The number of hydrogen-bond donors (Lipinski definition) is 1. The molecule has 1 amide bonds. The lowest BCUT2D eigenvalue weighted by molar-refractivity contribution is 0.102. The molecule has 0 aliphatic carbocycles. The summed E-state index contributed by atoms with van der Waals surface area (Å²) in [6.07, 6.45) is 2.32. The van der Waals surface area contributed by atoms with Crippen molar-refractivity contribution in [3.63, 3.8) is 0 Å². The summed E-state index contributed by atoms with van der Waals surface area (Å²) in [5.74, 6) is -0.110. The first-order valence-corrected chi connectivity index (χ1v) is 8.71. The number of amides is 1. The molecule has 1 saturated heterocycles. The summed E-state index contributed by atoms with van der Waals surface area (Å²) in [5.41, 5.74) is 2.36. The third-order valence-electron chi connectivity index (χ3n) is 3.74. The van der Waals surface area contributed by atoms with Crippen molar-refractivity contribution in [1.82, 2.24) is 0 Å². The molecule has 0 spiro atoms. The van der Waals surface area contributed by atoms with Crippen LogP contribution < -0.4 is 10.2 Å². The highest BCUT2D eigenvalue weighted by Gasteiger charge is 2.20. The number of carbonyl (C=O) groups is 1. The van der Waals surface area contributed by atoms with Crippen molar-refractivity contribution in [2.45, 2.75) is 12.8 Å². The van der Waals surface area contributed by atoms with Crippen molar-refractivity contribution in [3.05, 3.63) is 56.6 Å². The van der Waals surface area contributed by atoms with Crippen molar-refractivity contribution >= 4 is 51.5 Å². The maximum absolute atomic E-state index is 12.5. The Kier molecular flexibility index (Phi) is 4.88. The number of carbonyl (C=O) groups excluding carboxylic acids is 1. The third kappa shape index (κ3) is 3.38. The molecule has 1 N–H and O–H groups in total. The van der Waals surface area contributed by atoms with Crippen LogP contribution >= 0.6 is 34.2 Å². The molecule has 0 unspecified atom stereocenters. The zero-order valence-corrected chi connectivity index (χ0v) is 14.9. The first-order chi connectivity index (χ1) is 10.6. The highest BCUT2D eigenvalue weighted by Crippen LogP contribution is 2.36. The Morgan fingerprint density at radius 1 is 1.14 bits per heavy atom. The normalized spacial score (nSPS) is 14.2. The van der Waals surface area contributed by atoms with Gasteiger partial charge in [-0.25, -0.2) is 0 Å². The smallest absolute Gasteiger partial charge is 0.255 e. The van der Waals surface area contributed by atoms with E-state index in [2.05, 4.69) is 32.8 Å². The van der Waals surface area contributed by atoms with Gasteiger partial charge in [-0.3, -0.25) is 4.79 Å². The standard InChI is InChI=1S/C17H16ClIN2O/c18-14-7-4-8-15(16(14)21-9-1-2-10-21)20-17(22)12-5-3-6-13(19)11-12/h3-8,11H,1-2,9-10H2,(H,20,22). The van der Waals surface area contributed by atoms with Crippen LogP contribution in [0.15, 0.2) is 42.5 Å². The van der Waals surface area contributed by atoms with Gasteiger partial charge >= 0.3 is 0 Å². The van der Waals surface area contributed by atoms with E-state index in [4.69, 9.17) is 11.6 Å². The molecule has 3 nitrogen and oxygen atoms in total. The van der Waals surface area contributed by atoms with E-state index in [0.717, 1.165) is 40.9 Å². The minimum atomic E-state index is -0.110. The van der Waals surface area contributed by atoms with Gasteiger partial charge in [-0.15, -0.1) is 0 Å². The lowest BCUT2D eigenvalue weighted by Gasteiger charge is -2.23. The molecule has 1 aliphatic heterocycles. The van der Waals surface area contributed by atoms with Crippen molar-refractivity contribution < 1.29 is 4.79 Å². The first-order valence-electron chi connectivity index (χ1n) is 7.25. The van der Waals surface area contributed by atoms with Gasteiger partial charge in [0, 0.05) is 22.2 Å². The molecule has 3 rings (SSSR count). The number of benzene rings is 2. The highest BCUT2D eigenvalue weighted by atomic mass is 127. The van der Waals surface area contributed by atoms with E-state index in [-0.39, 0.29) is 5.91 Å². The fourth-order valence-corrected chi connectivity index (χ4v) is 3.54. The van der Waals surface area contributed by atoms with Gasteiger partial charge in [0.25, 0.3) is 5.91 Å². The van der Waals surface area contributed by atoms with Gasteiger partial charge in [0.2, 0.25) is 0 Å². The fourth-order valence-electron chi connectivity index (χ4n) is 2.70. The topological polar surface area (TPSA) is 32.3 Å². The summed E-state index contributed by atoms with van der Waals surface area (Å²) in [5, 5.41) is 3.69. The molecular weight excluding hydrogens is 411 g/mol.